The minimum absolute atomic E-state index is 0.0793. The highest BCUT2D eigenvalue weighted by atomic mass is 19.2. The molecule has 0 aliphatic rings. The van der Waals surface area contributed by atoms with E-state index in [9.17, 15) is 18.4 Å². The summed E-state index contributed by atoms with van der Waals surface area (Å²) >= 11 is 0. The van der Waals surface area contributed by atoms with Crippen LogP contribution in [0.25, 0.3) is 5.52 Å². The molecule has 2 aromatic carbocycles. The van der Waals surface area contributed by atoms with E-state index in [2.05, 4.69) is 20.7 Å². The summed E-state index contributed by atoms with van der Waals surface area (Å²) in [7, 11) is 0. The number of aromatic nitrogens is 3. The van der Waals surface area contributed by atoms with Crippen LogP contribution >= 0.6 is 0 Å². The van der Waals surface area contributed by atoms with Crippen molar-refractivity contribution >= 4 is 34.5 Å². The van der Waals surface area contributed by atoms with E-state index >= 15 is 0 Å². The van der Waals surface area contributed by atoms with E-state index in [0.717, 1.165) is 17.8 Å². The number of nitrogens with two attached hydrogens (primary N) is 1. The molecule has 0 saturated heterocycles. The molecule has 2 heterocycles. The maximum Gasteiger partial charge on any atom is 0.323 e. The molecule has 0 spiro atoms. The first-order valence-electron chi connectivity index (χ1n) is 10.0. The normalized spacial score (nSPS) is 11.1. The third-order valence-corrected chi connectivity index (χ3v) is 5.01. The monoisotopic (exact) mass is 450 g/mol. The van der Waals surface area contributed by atoms with Gasteiger partial charge in [-0.2, -0.15) is 5.10 Å². The summed E-state index contributed by atoms with van der Waals surface area (Å²) in [5.74, 6) is -2.14. The number of carbonyl (C=O) groups is 2. The molecule has 8 nitrogen and oxygen atoms in total. The molecule has 0 aliphatic heterocycles. The molecule has 0 fully saturated rings. The number of urea groups is 1. The van der Waals surface area contributed by atoms with Crippen molar-refractivity contribution in [1.82, 2.24) is 14.6 Å². The predicted octanol–water partition coefficient (Wildman–Crippen LogP) is 4.59. The second-order valence-corrected chi connectivity index (χ2v) is 7.66. The Morgan fingerprint density at radius 2 is 1.73 bits per heavy atom. The number of benzene rings is 2. The van der Waals surface area contributed by atoms with Gasteiger partial charge in [-0.05, 0) is 36.2 Å². The molecule has 4 N–H and O–H groups in total. The lowest BCUT2D eigenvalue weighted by Gasteiger charge is -2.09. The Morgan fingerprint density at radius 3 is 2.42 bits per heavy atom. The average Bonchev–Trinajstić information content (AvgIpc) is 3.17. The quantitative estimate of drug-likeness (QED) is 0.385. The summed E-state index contributed by atoms with van der Waals surface area (Å²) in [6, 6.07) is 10.4. The minimum atomic E-state index is -1.08. The van der Waals surface area contributed by atoms with Crippen LogP contribution < -0.4 is 16.4 Å². The van der Waals surface area contributed by atoms with Crippen LogP contribution in [-0.2, 0) is 0 Å². The summed E-state index contributed by atoms with van der Waals surface area (Å²) in [4.78, 5) is 29.6. The number of nitrogens with one attached hydrogen (secondary N) is 2. The van der Waals surface area contributed by atoms with Gasteiger partial charge in [-0.1, -0.05) is 26.0 Å². The molecule has 0 saturated carbocycles. The highest BCUT2D eigenvalue weighted by molar-refractivity contribution is 6.15. The van der Waals surface area contributed by atoms with Crippen molar-refractivity contribution in [1.29, 1.82) is 0 Å². The van der Waals surface area contributed by atoms with Crippen LogP contribution in [0.5, 0.6) is 0 Å². The van der Waals surface area contributed by atoms with E-state index in [1.165, 1.54) is 18.5 Å². The van der Waals surface area contributed by atoms with Crippen LogP contribution in [-0.4, -0.2) is 26.4 Å². The number of hydrogen-bond acceptors (Lipinski definition) is 5. The Labute approximate surface area is 187 Å². The Hall–Kier alpha value is -4.34. The SMILES string of the molecule is CC(C)c1cc(C(=O)c2cccc(NC(=O)Nc3ccc(F)c(F)c3)c2)c2c(N)ncnn12. The van der Waals surface area contributed by atoms with Crippen molar-refractivity contribution in [2.24, 2.45) is 0 Å². The van der Waals surface area contributed by atoms with Crippen molar-refractivity contribution in [3.05, 3.63) is 83.3 Å². The number of nitrogens with zero attached hydrogens (tertiary/aromatic N) is 3. The van der Waals surface area contributed by atoms with E-state index in [-0.39, 0.29) is 23.2 Å². The molecule has 33 heavy (non-hydrogen) atoms. The Morgan fingerprint density at radius 1 is 1.00 bits per heavy atom. The molecule has 2 amide bonds. The fraction of sp³-hybridized carbons (Fsp3) is 0.130. The molecule has 0 atom stereocenters. The minimum Gasteiger partial charge on any atom is -0.382 e. The zero-order chi connectivity index (χ0) is 23.7. The average molecular weight is 450 g/mol. The first-order valence-corrected chi connectivity index (χ1v) is 10.0. The van der Waals surface area contributed by atoms with Crippen LogP contribution in [0.1, 0.15) is 41.4 Å². The van der Waals surface area contributed by atoms with Gasteiger partial charge in [-0.3, -0.25) is 4.79 Å². The maximum atomic E-state index is 13.3. The zero-order valence-corrected chi connectivity index (χ0v) is 17.8. The van der Waals surface area contributed by atoms with Crippen LogP contribution in [0.3, 0.4) is 0 Å². The fourth-order valence-corrected chi connectivity index (χ4v) is 3.44. The number of ketones is 1. The number of amides is 2. The zero-order valence-electron chi connectivity index (χ0n) is 17.8. The number of hydrogen-bond donors (Lipinski definition) is 3. The van der Waals surface area contributed by atoms with Crippen LogP contribution in [0, 0.1) is 11.6 Å². The van der Waals surface area contributed by atoms with Gasteiger partial charge in [0.1, 0.15) is 11.8 Å². The van der Waals surface area contributed by atoms with Gasteiger partial charge >= 0.3 is 6.03 Å². The second-order valence-electron chi connectivity index (χ2n) is 7.66. The van der Waals surface area contributed by atoms with Crippen molar-refractivity contribution in [3.63, 3.8) is 0 Å². The number of fused-ring (bicyclic) bond motifs is 1. The Balaban J connectivity index is 1.60. The van der Waals surface area contributed by atoms with Crippen molar-refractivity contribution in [2.45, 2.75) is 19.8 Å². The number of carbonyl (C=O) groups excluding carboxylic acids is 2. The largest absolute Gasteiger partial charge is 0.382 e. The molecular weight excluding hydrogens is 430 g/mol. The highest BCUT2D eigenvalue weighted by Crippen LogP contribution is 2.27. The van der Waals surface area contributed by atoms with Gasteiger partial charge in [0.15, 0.2) is 23.2 Å². The van der Waals surface area contributed by atoms with Crippen LogP contribution in [0.15, 0.2) is 54.9 Å². The molecule has 0 unspecified atom stereocenters. The van der Waals surface area contributed by atoms with E-state index in [1.807, 2.05) is 13.8 Å². The molecule has 0 radical (unpaired) electrons. The molecule has 4 aromatic rings. The van der Waals surface area contributed by atoms with Gasteiger partial charge in [0, 0.05) is 28.7 Å². The highest BCUT2D eigenvalue weighted by Gasteiger charge is 2.22. The molecule has 168 valence electrons. The first-order chi connectivity index (χ1) is 15.7. The van der Waals surface area contributed by atoms with Crippen LogP contribution in [0.4, 0.5) is 30.8 Å². The van der Waals surface area contributed by atoms with Gasteiger partial charge in [0.25, 0.3) is 0 Å². The van der Waals surface area contributed by atoms with Gasteiger partial charge < -0.3 is 16.4 Å². The van der Waals surface area contributed by atoms with Crippen molar-refractivity contribution < 1.29 is 18.4 Å². The van der Waals surface area contributed by atoms with E-state index in [0.29, 0.717) is 22.3 Å². The first kappa shape index (κ1) is 21.9. The Bertz CT molecular complexity index is 1380. The topological polar surface area (TPSA) is 114 Å². The van der Waals surface area contributed by atoms with Crippen molar-refractivity contribution in [3.8, 4) is 0 Å². The second kappa shape index (κ2) is 8.65. The summed E-state index contributed by atoms with van der Waals surface area (Å²) in [6.07, 6.45) is 1.33. The predicted molar refractivity (Wildman–Crippen MR) is 120 cm³/mol. The summed E-state index contributed by atoms with van der Waals surface area (Å²) in [6.45, 7) is 3.95. The van der Waals surface area contributed by atoms with Crippen LogP contribution in [0.2, 0.25) is 0 Å². The van der Waals surface area contributed by atoms with E-state index in [4.69, 9.17) is 5.73 Å². The third kappa shape index (κ3) is 4.36. The number of halogens is 2. The molecule has 4 rings (SSSR count). The number of nitrogen functional groups attached to an aromatic ring is 1. The molecular formula is C23H20F2N6O2. The fourth-order valence-electron chi connectivity index (χ4n) is 3.44. The molecule has 2 aromatic heterocycles. The standard InChI is InChI=1S/C23H20F2N6O2/c1-12(2)19-10-16(20-22(26)27-11-28-31(19)20)21(32)13-4-3-5-14(8-13)29-23(33)30-15-6-7-17(24)18(25)9-15/h3-12H,1-2H3,(H2,26,27,28)(H2,29,30,33). The smallest absolute Gasteiger partial charge is 0.323 e. The molecule has 0 aliphatic carbocycles. The molecule has 10 heteroatoms. The van der Waals surface area contributed by atoms with Gasteiger partial charge in [-0.25, -0.2) is 23.1 Å². The van der Waals surface area contributed by atoms with Gasteiger partial charge in [0.2, 0.25) is 0 Å². The van der Waals surface area contributed by atoms with Crippen molar-refractivity contribution in [2.75, 3.05) is 16.4 Å². The van der Waals surface area contributed by atoms with E-state index < -0.39 is 17.7 Å². The Kier molecular flexibility index (Phi) is 5.74. The lowest BCUT2D eigenvalue weighted by molar-refractivity contribution is 0.104. The number of anilines is 3. The lowest BCUT2D eigenvalue weighted by atomic mass is 10.0. The van der Waals surface area contributed by atoms with Gasteiger partial charge in [0.05, 0.1) is 5.56 Å². The summed E-state index contributed by atoms with van der Waals surface area (Å²) in [5.41, 5.74) is 8.33. The third-order valence-electron chi connectivity index (χ3n) is 5.01. The summed E-state index contributed by atoms with van der Waals surface area (Å²) < 4.78 is 28.0. The lowest BCUT2D eigenvalue weighted by Crippen LogP contribution is -2.19. The van der Waals surface area contributed by atoms with E-state index in [1.54, 1.807) is 28.8 Å². The number of rotatable bonds is 5. The summed E-state index contributed by atoms with van der Waals surface area (Å²) in [5, 5.41) is 9.20. The van der Waals surface area contributed by atoms with Gasteiger partial charge in [-0.15, -0.1) is 0 Å². The molecule has 0 bridgehead atoms. The maximum absolute atomic E-state index is 13.3.